The number of carbonyl (C=O) groups excluding carboxylic acids is 2. The Bertz CT molecular complexity index is 739. The highest BCUT2D eigenvalue weighted by Crippen LogP contribution is 2.14. The molecule has 1 amide bonds. The molecule has 0 heterocycles. The Labute approximate surface area is 154 Å². The topological polar surface area (TPSA) is 64.6 Å². The highest BCUT2D eigenvalue weighted by Gasteiger charge is 2.05. The number of carbonyl (C=O) groups is 2. The fraction of sp³-hybridized carbons (Fsp3) is 0.158. The molecule has 0 bridgehead atoms. The monoisotopic (exact) mass is 403 g/mol. The molecule has 0 unspecified atom stereocenters. The molecule has 0 aromatic heterocycles. The summed E-state index contributed by atoms with van der Waals surface area (Å²) >= 11 is 3.31. The van der Waals surface area contributed by atoms with Gasteiger partial charge in [0.25, 0.3) is 5.91 Å². The van der Waals surface area contributed by atoms with Crippen LogP contribution in [0.4, 0.5) is 5.69 Å². The van der Waals surface area contributed by atoms with E-state index >= 15 is 0 Å². The largest absolute Gasteiger partial charge is 0.494 e. The summed E-state index contributed by atoms with van der Waals surface area (Å²) in [6.45, 7) is 2.17. The van der Waals surface area contributed by atoms with Crippen molar-refractivity contribution in [3.8, 4) is 5.75 Å². The van der Waals surface area contributed by atoms with Gasteiger partial charge in [0.15, 0.2) is 6.61 Å². The minimum Gasteiger partial charge on any atom is -0.494 e. The van der Waals surface area contributed by atoms with Gasteiger partial charge >= 0.3 is 5.97 Å². The Morgan fingerprint density at radius 3 is 2.40 bits per heavy atom. The second-order valence-electron chi connectivity index (χ2n) is 5.00. The predicted octanol–water partition coefficient (Wildman–Crippen LogP) is 4.04. The zero-order valence-corrected chi connectivity index (χ0v) is 15.3. The second kappa shape index (κ2) is 9.64. The first-order valence-electron chi connectivity index (χ1n) is 7.70. The summed E-state index contributed by atoms with van der Waals surface area (Å²) in [6, 6.07) is 14.4. The summed E-state index contributed by atoms with van der Waals surface area (Å²) in [5.74, 6) is -0.211. The van der Waals surface area contributed by atoms with E-state index in [0.29, 0.717) is 12.3 Å². The maximum absolute atomic E-state index is 11.7. The summed E-state index contributed by atoms with van der Waals surface area (Å²) in [7, 11) is 0. The Balaban J connectivity index is 1.77. The average Bonchev–Trinajstić information content (AvgIpc) is 2.61. The van der Waals surface area contributed by atoms with Crippen molar-refractivity contribution in [3.63, 3.8) is 0 Å². The van der Waals surface area contributed by atoms with Gasteiger partial charge in [-0.2, -0.15) is 0 Å². The first-order chi connectivity index (χ1) is 12.1. The first kappa shape index (κ1) is 18.7. The number of esters is 1. The Hall–Kier alpha value is -2.60. The lowest BCUT2D eigenvalue weighted by Crippen LogP contribution is -2.20. The van der Waals surface area contributed by atoms with Crippen LogP contribution in [0.25, 0.3) is 6.08 Å². The van der Waals surface area contributed by atoms with Crippen molar-refractivity contribution in [1.82, 2.24) is 0 Å². The smallest absolute Gasteiger partial charge is 0.331 e. The predicted molar refractivity (Wildman–Crippen MR) is 100 cm³/mol. The quantitative estimate of drug-likeness (QED) is 0.559. The van der Waals surface area contributed by atoms with E-state index in [1.165, 1.54) is 6.08 Å². The summed E-state index contributed by atoms with van der Waals surface area (Å²) in [6.07, 6.45) is 2.90. The molecule has 0 saturated heterocycles. The van der Waals surface area contributed by atoms with Gasteiger partial charge in [-0.15, -0.1) is 0 Å². The SMILES string of the molecule is CCOc1ccc(/C=C/C(=O)OCC(=O)Nc2ccc(Br)cc2)cc1. The zero-order valence-electron chi connectivity index (χ0n) is 13.7. The van der Waals surface area contributed by atoms with Crippen LogP contribution in [-0.4, -0.2) is 25.1 Å². The van der Waals surface area contributed by atoms with E-state index in [1.54, 1.807) is 30.3 Å². The third-order valence-corrected chi connectivity index (χ3v) is 3.61. The molecule has 0 radical (unpaired) electrons. The number of hydrogen-bond acceptors (Lipinski definition) is 4. The summed E-state index contributed by atoms with van der Waals surface area (Å²) < 4.78 is 11.2. The molecule has 25 heavy (non-hydrogen) atoms. The molecule has 0 aliphatic heterocycles. The average molecular weight is 404 g/mol. The van der Waals surface area contributed by atoms with Crippen molar-refractivity contribution >= 4 is 39.6 Å². The van der Waals surface area contributed by atoms with Crippen LogP contribution in [0.15, 0.2) is 59.1 Å². The number of halogens is 1. The molecule has 0 aliphatic carbocycles. The van der Waals surface area contributed by atoms with E-state index in [4.69, 9.17) is 9.47 Å². The van der Waals surface area contributed by atoms with E-state index in [-0.39, 0.29) is 6.61 Å². The number of rotatable bonds is 7. The van der Waals surface area contributed by atoms with Crippen molar-refractivity contribution in [3.05, 3.63) is 64.6 Å². The molecule has 6 heteroatoms. The highest BCUT2D eigenvalue weighted by molar-refractivity contribution is 9.10. The molecule has 0 fully saturated rings. The van der Waals surface area contributed by atoms with Crippen molar-refractivity contribution in [2.45, 2.75) is 6.92 Å². The molecule has 1 N–H and O–H groups in total. The lowest BCUT2D eigenvalue weighted by Gasteiger charge is -2.05. The van der Waals surface area contributed by atoms with Gasteiger partial charge in [-0.1, -0.05) is 28.1 Å². The van der Waals surface area contributed by atoms with Crippen LogP contribution in [0.2, 0.25) is 0 Å². The molecule has 2 aromatic rings. The molecule has 0 saturated carbocycles. The van der Waals surface area contributed by atoms with E-state index in [0.717, 1.165) is 15.8 Å². The van der Waals surface area contributed by atoms with Crippen LogP contribution in [0.5, 0.6) is 5.75 Å². The number of ether oxygens (including phenoxy) is 2. The molecule has 5 nitrogen and oxygen atoms in total. The number of amides is 1. The maximum Gasteiger partial charge on any atom is 0.331 e. The maximum atomic E-state index is 11.7. The Kier molecular flexibility index (Phi) is 7.22. The lowest BCUT2D eigenvalue weighted by molar-refractivity contribution is -0.142. The molecule has 130 valence electrons. The third kappa shape index (κ3) is 6.81. The van der Waals surface area contributed by atoms with Gasteiger partial charge in [0, 0.05) is 16.2 Å². The van der Waals surface area contributed by atoms with E-state index < -0.39 is 11.9 Å². The van der Waals surface area contributed by atoms with E-state index in [2.05, 4.69) is 21.2 Å². The summed E-state index contributed by atoms with van der Waals surface area (Å²) in [4.78, 5) is 23.4. The molecular weight excluding hydrogens is 386 g/mol. The molecule has 2 aromatic carbocycles. The lowest BCUT2D eigenvalue weighted by atomic mass is 10.2. The Morgan fingerprint density at radius 2 is 1.76 bits per heavy atom. The number of anilines is 1. The van der Waals surface area contributed by atoms with Gasteiger partial charge in [0.2, 0.25) is 0 Å². The van der Waals surface area contributed by atoms with Gasteiger partial charge in [-0.05, 0) is 55.0 Å². The van der Waals surface area contributed by atoms with Crippen LogP contribution >= 0.6 is 15.9 Å². The van der Waals surface area contributed by atoms with Gasteiger partial charge < -0.3 is 14.8 Å². The van der Waals surface area contributed by atoms with E-state index in [1.807, 2.05) is 31.2 Å². The molecule has 0 spiro atoms. The fourth-order valence-corrected chi connectivity index (χ4v) is 2.19. The normalized spacial score (nSPS) is 10.5. The summed E-state index contributed by atoms with van der Waals surface area (Å²) in [5.41, 5.74) is 1.47. The number of hydrogen-bond donors (Lipinski definition) is 1. The third-order valence-electron chi connectivity index (χ3n) is 3.08. The molecular formula is C19H18BrNO4. The van der Waals surface area contributed by atoms with Crippen LogP contribution < -0.4 is 10.1 Å². The van der Waals surface area contributed by atoms with Crippen molar-refractivity contribution in [1.29, 1.82) is 0 Å². The standard InChI is InChI=1S/C19H18BrNO4/c1-2-24-17-10-3-14(4-11-17)5-12-19(23)25-13-18(22)21-16-8-6-15(20)7-9-16/h3-12H,2,13H2,1H3,(H,21,22)/b12-5+. The van der Waals surface area contributed by atoms with Crippen molar-refractivity contribution < 1.29 is 19.1 Å². The molecule has 0 aliphatic rings. The molecule has 0 atom stereocenters. The van der Waals surface area contributed by atoms with Gasteiger partial charge in [-0.25, -0.2) is 4.79 Å². The van der Waals surface area contributed by atoms with Gasteiger partial charge in [0.1, 0.15) is 5.75 Å². The number of nitrogens with one attached hydrogen (secondary N) is 1. The van der Waals surface area contributed by atoms with Crippen molar-refractivity contribution in [2.24, 2.45) is 0 Å². The summed E-state index contributed by atoms with van der Waals surface area (Å²) in [5, 5.41) is 2.64. The molecule has 2 rings (SSSR count). The minimum absolute atomic E-state index is 0.345. The highest BCUT2D eigenvalue weighted by atomic mass is 79.9. The van der Waals surface area contributed by atoms with Gasteiger partial charge in [-0.3, -0.25) is 4.79 Å². The van der Waals surface area contributed by atoms with Gasteiger partial charge in [0.05, 0.1) is 6.61 Å². The Morgan fingerprint density at radius 1 is 1.08 bits per heavy atom. The van der Waals surface area contributed by atoms with Crippen LogP contribution in [0.1, 0.15) is 12.5 Å². The minimum atomic E-state index is -0.583. The zero-order chi connectivity index (χ0) is 18.1. The van der Waals surface area contributed by atoms with Crippen LogP contribution in [0.3, 0.4) is 0 Å². The fourth-order valence-electron chi connectivity index (χ4n) is 1.92. The number of benzene rings is 2. The van der Waals surface area contributed by atoms with Crippen LogP contribution in [-0.2, 0) is 14.3 Å². The van der Waals surface area contributed by atoms with E-state index in [9.17, 15) is 9.59 Å². The van der Waals surface area contributed by atoms with Crippen molar-refractivity contribution in [2.75, 3.05) is 18.5 Å². The second-order valence-corrected chi connectivity index (χ2v) is 5.91. The first-order valence-corrected chi connectivity index (χ1v) is 8.49. The van der Waals surface area contributed by atoms with Crippen LogP contribution in [0, 0.1) is 0 Å².